The molecule has 2 fully saturated rings. The number of nitrogens with zero attached hydrogens (tertiary/aromatic N) is 4. The minimum absolute atomic E-state index is 0.0446. The molecule has 0 saturated carbocycles. The molecule has 2 aliphatic heterocycles. The number of fused-ring (bicyclic) bond motifs is 2. The van der Waals surface area contributed by atoms with Crippen molar-refractivity contribution >= 4 is 23.0 Å². The lowest BCUT2D eigenvalue weighted by molar-refractivity contribution is -0.119. The molecule has 2 amide bonds. The lowest BCUT2D eigenvalue weighted by Crippen LogP contribution is -2.35. The Morgan fingerprint density at radius 1 is 1.18 bits per heavy atom. The predicted octanol–water partition coefficient (Wildman–Crippen LogP) is 1.63. The van der Waals surface area contributed by atoms with Gasteiger partial charge >= 0.3 is 0 Å². The summed E-state index contributed by atoms with van der Waals surface area (Å²) < 4.78 is 2.02. The Kier molecular flexibility index (Phi) is 4.07. The van der Waals surface area contributed by atoms with Crippen LogP contribution in [0.3, 0.4) is 0 Å². The van der Waals surface area contributed by atoms with Crippen molar-refractivity contribution in [2.24, 2.45) is 5.92 Å². The topological polar surface area (TPSA) is 80.1 Å². The van der Waals surface area contributed by atoms with Crippen molar-refractivity contribution in [1.82, 2.24) is 24.8 Å². The van der Waals surface area contributed by atoms with E-state index in [1.807, 2.05) is 33.7 Å². The highest BCUT2D eigenvalue weighted by molar-refractivity contribution is 5.96. The first-order valence-electron chi connectivity index (χ1n) is 9.61. The largest absolute Gasteiger partial charge is 0.351 e. The van der Waals surface area contributed by atoms with Crippen LogP contribution in [-0.4, -0.2) is 50.4 Å². The van der Waals surface area contributed by atoms with Gasteiger partial charge in [-0.15, -0.1) is 0 Å². The van der Waals surface area contributed by atoms with Crippen molar-refractivity contribution in [2.45, 2.75) is 25.4 Å². The second-order valence-electron chi connectivity index (χ2n) is 7.59. The molecule has 4 heterocycles. The maximum absolute atomic E-state index is 12.9. The molecule has 2 aromatic heterocycles. The molecule has 0 radical (unpaired) electrons. The highest BCUT2D eigenvalue weighted by atomic mass is 16.2. The van der Waals surface area contributed by atoms with Gasteiger partial charge in [0.25, 0.3) is 5.91 Å². The second kappa shape index (κ2) is 6.74. The van der Waals surface area contributed by atoms with Gasteiger partial charge in [-0.3, -0.25) is 9.59 Å². The van der Waals surface area contributed by atoms with Gasteiger partial charge in [0.15, 0.2) is 5.65 Å². The van der Waals surface area contributed by atoms with Crippen LogP contribution in [0.25, 0.3) is 11.2 Å². The van der Waals surface area contributed by atoms with Gasteiger partial charge in [-0.05, 0) is 18.1 Å². The van der Waals surface area contributed by atoms with Gasteiger partial charge in [0.1, 0.15) is 5.52 Å². The van der Waals surface area contributed by atoms with Crippen molar-refractivity contribution in [3.8, 4) is 0 Å². The SMILES string of the molecule is O=C1C[C@H]2CN(C(=O)c3cnc4c(c3)ncn4CCc3ccccc3)C[C@H]2N1. The Hall–Kier alpha value is -3.22. The Bertz CT molecular complexity index is 1030. The van der Waals surface area contributed by atoms with E-state index in [2.05, 4.69) is 27.4 Å². The van der Waals surface area contributed by atoms with Crippen LogP contribution in [0, 0.1) is 5.92 Å². The summed E-state index contributed by atoms with van der Waals surface area (Å²) in [5.41, 5.74) is 3.33. The molecule has 0 unspecified atom stereocenters. The highest BCUT2D eigenvalue weighted by Crippen LogP contribution is 2.26. The molecule has 1 aromatic carbocycles. The fourth-order valence-corrected chi connectivity index (χ4v) is 4.22. The van der Waals surface area contributed by atoms with E-state index < -0.39 is 0 Å². The molecule has 7 nitrogen and oxygen atoms in total. The number of rotatable bonds is 4. The lowest BCUT2D eigenvalue weighted by atomic mass is 10.1. The number of carbonyl (C=O) groups is 2. The number of hydrogen-bond donors (Lipinski definition) is 1. The number of hydrogen-bond acceptors (Lipinski definition) is 4. The number of carbonyl (C=O) groups excluding carboxylic acids is 2. The molecule has 5 rings (SSSR count). The maximum atomic E-state index is 12.9. The summed E-state index contributed by atoms with van der Waals surface area (Å²) in [7, 11) is 0. The summed E-state index contributed by atoms with van der Waals surface area (Å²) in [6.07, 6.45) is 4.83. The van der Waals surface area contributed by atoms with Gasteiger partial charge in [-0.1, -0.05) is 30.3 Å². The number of likely N-dealkylation sites (tertiary alicyclic amines) is 1. The number of nitrogens with one attached hydrogen (secondary N) is 1. The Morgan fingerprint density at radius 2 is 2.04 bits per heavy atom. The number of aryl methyl sites for hydroxylation is 2. The van der Waals surface area contributed by atoms with E-state index in [4.69, 9.17) is 0 Å². The summed E-state index contributed by atoms with van der Waals surface area (Å²) in [5, 5.41) is 2.95. The van der Waals surface area contributed by atoms with E-state index in [-0.39, 0.29) is 23.8 Å². The van der Waals surface area contributed by atoms with Crippen LogP contribution in [0.2, 0.25) is 0 Å². The molecule has 2 aliphatic rings. The van der Waals surface area contributed by atoms with Gasteiger partial charge < -0.3 is 14.8 Å². The van der Waals surface area contributed by atoms with Crippen LogP contribution in [0.5, 0.6) is 0 Å². The molecular formula is C21H21N5O2. The molecular weight excluding hydrogens is 354 g/mol. The minimum atomic E-state index is -0.0446. The molecule has 142 valence electrons. The first-order valence-corrected chi connectivity index (χ1v) is 9.61. The average molecular weight is 375 g/mol. The molecule has 2 atom stereocenters. The fourth-order valence-electron chi connectivity index (χ4n) is 4.22. The van der Waals surface area contributed by atoms with Gasteiger partial charge in [-0.25, -0.2) is 9.97 Å². The molecule has 0 spiro atoms. The quantitative estimate of drug-likeness (QED) is 0.752. The van der Waals surface area contributed by atoms with E-state index in [1.165, 1.54) is 5.56 Å². The zero-order chi connectivity index (χ0) is 19.1. The summed E-state index contributed by atoms with van der Waals surface area (Å²) in [6.45, 7) is 1.97. The van der Waals surface area contributed by atoms with Crippen molar-refractivity contribution in [2.75, 3.05) is 13.1 Å². The third kappa shape index (κ3) is 3.02. The normalized spacial score (nSPS) is 21.1. The Labute approximate surface area is 162 Å². The van der Waals surface area contributed by atoms with Crippen LogP contribution in [0.15, 0.2) is 48.9 Å². The first-order chi connectivity index (χ1) is 13.7. The van der Waals surface area contributed by atoms with Crippen LogP contribution in [0.1, 0.15) is 22.3 Å². The van der Waals surface area contributed by atoms with Crippen molar-refractivity contribution in [3.63, 3.8) is 0 Å². The average Bonchev–Trinajstić information content (AvgIpc) is 3.38. The molecule has 0 bridgehead atoms. The maximum Gasteiger partial charge on any atom is 0.255 e. The summed E-state index contributed by atoms with van der Waals surface area (Å²) >= 11 is 0. The molecule has 7 heteroatoms. The minimum Gasteiger partial charge on any atom is -0.351 e. The van der Waals surface area contributed by atoms with Gasteiger partial charge in [0.2, 0.25) is 5.91 Å². The van der Waals surface area contributed by atoms with Crippen LogP contribution < -0.4 is 5.32 Å². The van der Waals surface area contributed by atoms with Gasteiger partial charge in [-0.2, -0.15) is 0 Å². The van der Waals surface area contributed by atoms with Gasteiger partial charge in [0, 0.05) is 38.2 Å². The Morgan fingerprint density at radius 3 is 2.86 bits per heavy atom. The van der Waals surface area contributed by atoms with Gasteiger partial charge in [0.05, 0.1) is 17.9 Å². The number of amides is 2. The van der Waals surface area contributed by atoms with Crippen LogP contribution in [0.4, 0.5) is 0 Å². The first kappa shape index (κ1) is 16.9. The molecule has 3 aromatic rings. The van der Waals surface area contributed by atoms with E-state index in [9.17, 15) is 9.59 Å². The third-order valence-electron chi connectivity index (χ3n) is 5.71. The predicted molar refractivity (Wildman–Crippen MR) is 104 cm³/mol. The number of aromatic nitrogens is 3. The van der Waals surface area contributed by atoms with Crippen molar-refractivity contribution in [3.05, 3.63) is 60.0 Å². The van der Waals surface area contributed by atoms with Crippen LogP contribution >= 0.6 is 0 Å². The molecule has 28 heavy (non-hydrogen) atoms. The van der Waals surface area contributed by atoms with E-state index >= 15 is 0 Å². The van der Waals surface area contributed by atoms with Crippen LogP contribution in [-0.2, 0) is 17.8 Å². The fraction of sp³-hybridized carbons (Fsp3) is 0.333. The second-order valence-corrected chi connectivity index (χ2v) is 7.59. The monoisotopic (exact) mass is 375 g/mol. The Balaban J connectivity index is 1.30. The van der Waals surface area contributed by atoms with E-state index in [1.54, 1.807) is 12.5 Å². The summed E-state index contributed by atoms with van der Waals surface area (Å²) in [4.78, 5) is 35.1. The zero-order valence-corrected chi connectivity index (χ0v) is 15.4. The summed E-state index contributed by atoms with van der Waals surface area (Å²) in [6, 6.07) is 12.2. The molecule has 1 N–H and O–H groups in total. The van der Waals surface area contributed by atoms with Crippen molar-refractivity contribution in [1.29, 1.82) is 0 Å². The molecule has 0 aliphatic carbocycles. The van der Waals surface area contributed by atoms with Crippen molar-refractivity contribution < 1.29 is 9.59 Å². The third-order valence-corrected chi connectivity index (χ3v) is 5.71. The lowest BCUT2D eigenvalue weighted by Gasteiger charge is -2.17. The standard InChI is InChI=1S/C21H21N5O2/c27-19-9-16-11-26(12-18(16)24-19)21(28)15-8-17-20(22-10-15)25(13-23-17)7-6-14-4-2-1-3-5-14/h1-5,8,10,13,16,18H,6-7,9,11-12H2,(H,24,27)/t16-,18+/m0/s1. The number of imidazole rings is 1. The van der Waals surface area contributed by atoms with E-state index in [0.717, 1.165) is 24.1 Å². The highest BCUT2D eigenvalue weighted by Gasteiger charge is 2.41. The molecule has 2 saturated heterocycles. The zero-order valence-electron chi connectivity index (χ0n) is 15.4. The smallest absolute Gasteiger partial charge is 0.255 e. The summed E-state index contributed by atoms with van der Waals surface area (Å²) in [5.74, 6) is 0.272. The van der Waals surface area contributed by atoms with E-state index in [0.29, 0.717) is 25.1 Å². The number of benzene rings is 1. The number of pyridine rings is 1.